The first kappa shape index (κ1) is 19.3. The lowest BCUT2D eigenvalue weighted by atomic mass is 9.84. The summed E-state index contributed by atoms with van der Waals surface area (Å²) >= 11 is 0. The Bertz CT molecular complexity index is 800. The van der Waals surface area contributed by atoms with Crippen LogP contribution in [0.3, 0.4) is 0 Å². The lowest BCUT2D eigenvalue weighted by Crippen LogP contribution is -2.04. The van der Waals surface area contributed by atoms with Crippen LogP contribution in [0.5, 0.6) is 5.75 Å². The van der Waals surface area contributed by atoms with Gasteiger partial charge in [0.1, 0.15) is 5.75 Å². The third kappa shape index (κ3) is 5.76. The Hall–Kier alpha value is -2.46. The normalized spacial score (nSPS) is 16.2. The SMILES string of the molecule is CCCOc1ccc(C#CC2=CCC(c3ccc(CCC)cc3)CC2)cc1. The Balaban J connectivity index is 1.57. The summed E-state index contributed by atoms with van der Waals surface area (Å²) in [4.78, 5) is 0. The molecule has 0 aromatic heterocycles. The molecule has 3 rings (SSSR count). The molecule has 1 nitrogen and oxygen atoms in total. The first-order valence-corrected chi connectivity index (χ1v) is 10.3. The highest BCUT2D eigenvalue weighted by Crippen LogP contribution is 2.32. The van der Waals surface area contributed by atoms with Gasteiger partial charge in [-0.05, 0) is 79.0 Å². The van der Waals surface area contributed by atoms with Gasteiger partial charge in [-0.3, -0.25) is 0 Å². The van der Waals surface area contributed by atoms with Crippen LogP contribution in [-0.2, 0) is 6.42 Å². The zero-order valence-corrected chi connectivity index (χ0v) is 16.6. The molecule has 0 N–H and O–H groups in total. The average molecular weight is 359 g/mol. The summed E-state index contributed by atoms with van der Waals surface area (Å²) in [5.41, 5.74) is 5.25. The molecule has 1 aliphatic carbocycles. The Kier molecular flexibility index (Phi) is 7.17. The molecule has 0 radical (unpaired) electrons. The van der Waals surface area contributed by atoms with E-state index < -0.39 is 0 Å². The van der Waals surface area contributed by atoms with Gasteiger partial charge in [0, 0.05) is 5.56 Å². The Labute approximate surface area is 164 Å². The third-order valence-electron chi connectivity index (χ3n) is 5.10. The molecule has 0 saturated carbocycles. The average Bonchev–Trinajstić information content (AvgIpc) is 2.73. The number of aryl methyl sites for hydroxylation is 1. The second-order valence-corrected chi connectivity index (χ2v) is 7.32. The maximum Gasteiger partial charge on any atom is 0.119 e. The summed E-state index contributed by atoms with van der Waals surface area (Å²) in [5, 5.41) is 0. The minimum absolute atomic E-state index is 0.640. The number of allylic oxidation sites excluding steroid dienone is 2. The van der Waals surface area contributed by atoms with Crippen molar-refractivity contribution in [1.82, 2.24) is 0 Å². The van der Waals surface area contributed by atoms with E-state index in [2.05, 4.69) is 56.0 Å². The van der Waals surface area contributed by atoms with Gasteiger partial charge in [-0.1, -0.05) is 62.5 Å². The van der Waals surface area contributed by atoms with Crippen LogP contribution in [0.15, 0.2) is 60.2 Å². The summed E-state index contributed by atoms with van der Waals surface area (Å²) in [7, 11) is 0. The fourth-order valence-electron chi connectivity index (χ4n) is 3.50. The molecule has 1 unspecified atom stereocenters. The molecule has 0 saturated heterocycles. The van der Waals surface area contributed by atoms with Crippen LogP contribution in [0.2, 0.25) is 0 Å². The maximum absolute atomic E-state index is 5.62. The lowest BCUT2D eigenvalue weighted by Gasteiger charge is -2.20. The molecule has 1 aliphatic rings. The van der Waals surface area contributed by atoms with Gasteiger partial charge in [0.2, 0.25) is 0 Å². The van der Waals surface area contributed by atoms with Crippen LogP contribution in [0.25, 0.3) is 0 Å². The lowest BCUT2D eigenvalue weighted by molar-refractivity contribution is 0.317. The summed E-state index contributed by atoms with van der Waals surface area (Å²) in [5.74, 6) is 8.23. The van der Waals surface area contributed by atoms with E-state index in [1.54, 1.807) is 0 Å². The Morgan fingerprint density at radius 1 is 0.926 bits per heavy atom. The molecular weight excluding hydrogens is 328 g/mol. The van der Waals surface area contributed by atoms with Crippen LogP contribution < -0.4 is 4.74 Å². The fourth-order valence-corrected chi connectivity index (χ4v) is 3.50. The molecule has 0 bridgehead atoms. The van der Waals surface area contributed by atoms with Gasteiger partial charge < -0.3 is 4.74 Å². The summed E-state index contributed by atoms with van der Waals surface area (Å²) in [6, 6.07) is 17.3. The van der Waals surface area contributed by atoms with Crippen molar-refractivity contribution in [2.24, 2.45) is 0 Å². The first-order chi connectivity index (χ1) is 13.3. The van der Waals surface area contributed by atoms with E-state index in [1.165, 1.54) is 36.0 Å². The van der Waals surface area contributed by atoms with Crippen molar-refractivity contribution >= 4 is 0 Å². The van der Waals surface area contributed by atoms with Gasteiger partial charge in [-0.15, -0.1) is 0 Å². The molecule has 0 spiro atoms. The van der Waals surface area contributed by atoms with E-state index in [4.69, 9.17) is 4.74 Å². The largest absolute Gasteiger partial charge is 0.494 e. The van der Waals surface area contributed by atoms with Gasteiger partial charge >= 0.3 is 0 Å². The van der Waals surface area contributed by atoms with Crippen LogP contribution in [-0.4, -0.2) is 6.61 Å². The van der Waals surface area contributed by atoms with E-state index in [0.717, 1.165) is 37.2 Å². The van der Waals surface area contributed by atoms with Crippen molar-refractivity contribution < 1.29 is 4.74 Å². The van der Waals surface area contributed by atoms with E-state index in [9.17, 15) is 0 Å². The summed E-state index contributed by atoms with van der Waals surface area (Å²) < 4.78 is 5.62. The quantitative estimate of drug-likeness (QED) is 0.524. The van der Waals surface area contributed by atoms with E-state index in [1.807, 2.05) is 24.3 Å². The second kappa shape index (κ2) is 10.0. The number of rotatable bonds is 6. The molecular formula is C26H30O. The minimum atomic E-state index is 0.640. The van der Waals surface area contributed by atoms with Crippen molar-refractivity contribution in [3.05, 3.63) is 76.9 Å². The minimum Gasteiger partial charge on any atom is -0.494 e. The third-order valence-corrected chi connectivity index (χ3v) is 5.10. The molecule has 0 amide bonds. The molecule has 2 aromatic carbocycles. The topological polar surface area (TPSA) is 9.23 Å². The van der Waals surface area contributed by atoms with Crippen molar-refractivity contribution in [3.63, 3.8) is 0 Å². The fraction of sp³-hybridized carbons (Fsp3) is 0.385. The van der Waals surface area contributed by atoms with E-state index in [-0.39, 0.29) is 0 Å². The van der Waals surface area contributed by atoms with Crippen LogP contribution in [0.4, 0.5) is 0 Å². The first-order valence-electron chi connectivity index (χ1n) is 10.3. The van der Waals surface area contributed by atoms with Crippen LogP contribution >= 0.6 is 0 Å². The van der Waals surface area contributed by atoms with Crippen molar-refractivity contribution in [2.45, 2.75) is 58.3 Å². The highest BCUT2D eigenvalue weighted by atomic mass is 16.5. The molecule has 2 aromatic rings. The molecule has 140 valence electrons. The van der Waals surface area contributed by atoms with E-state index in [0.29, 0.717) is 5.92 Å². The zero-order chi connectivity index (χ0) is 18.9. The highest BCUT2D eigenvalue weighted by molar-refractivity contribution is 5.43. The van der Waals surface area contributed by atoms with Crippen molar-refractivity contribution in [3.8, 4) is 17.6 Å². The molecule has 1 atom stereocenters. The zero-order valence-electron chi connectivity index (χ0n) is 16.6. The molecule has 1 heteroatoms. The number of hydrogen-bond donors (Lipinski definition) is 0. The number of hydrogen-bond acceptors (Lipinski definition) is 1. The van der Waals surface area contributed by atoms with Crippen LogP contribution in [0, 0.1) is 11.8 Å². The Morgan fingerprint density at radius 3 is 2.33 bits per heavy atom. The molecule has 0 heterocycles. The standard InChI is InChI=1S/C26H30O/c1-3-5-21-8-14-24(15-9-21)25-16-10-22(11-17-25)6-7-23-12-18-26(19-13-23)27-20-4-2/h8-10,12-15,18-19,25H,3-5,11,16-17,20H2,1-2H3. The predicted octanol–water partition coefficient (Wildman–Crippen LogP) is 6.67. The Morgan fingerprint density at radius 2 is 1.70 bits per heavy atom. The van der Waals surface area contributed by atoms with Crippen LogP contribution in [0.1, 0.15) is 68.6 Å². The van der Waals surface area contributed by atoms with Crippen molar-refractivity contribution in [2.75, 3.05) is 6.61 Å². The monoisotopic (exact) mass is 358 g/mol. The number of ether oxygens (including phenoxy) is 1. The molecule has 27 heavy (non-hydrogen) atoms. The maximum atomic E-state index is 5.62. The van der Waals surface area contributed by atoms with Gasteiger partial charge in [-0.2, -0.15) is 0 Å². The van der Waals surface area contributed by atoms with Gasteiger partial charge in [0.15, 0.2) is 0 Å². The highest BCUT2D eigenvalue weighted by Gasteiger charge is 2.15. The van der Waals surface area contributed by atoms with Gasteiger partial charge in [0.25, 0.3) is 0 Å². The van der Waals surface area contributed by atoms with Gasteiger partial charge in [0.05, 0.1) is 6.61 Å². The summed E-state index contributed by atoms with van der Waals surface area (Å²) in [6.07, 6.45) is 9.11. The predicted molar refractivity (Wildman–Crippen MR) is 114 cm³/mol. The summed E-state index contributed by atoms with van der Waals surface area (Å²) in [6.45, 7) is 5.11. The molecule has 0 aliphatic heterocycles. The van der Waals surface area contributed by atoms with Gasteiger partial charge in [-0.25, -0.2) is 0 Å². The molecule has 0 fully saturated rings. The smallest absolute Gasteiger partial charge is 0.119 e. The van der Waals surface area contributed by atoms with E-state index >= 15 is 0 Å². The number of benzene rings is 2. The van der Waals surface area contributed by atoms with Crippen molar-refractivity contribution in [1.29, 1.82) is 0 Å². The second-order valence-electron chi connectivity index (χ2n) is 7.32.